The van der Waals surface area contributed by atoms with E-state index in [4.69, 9.17) is 4.42 Å². The highest BCUT2D eigenvalue weighted by atomic mass is 16.3. The van der Waals surface area contributed by atoms with E-state index in [1.807, 2.05) is 30.3 Å². The quantitative estimate of drug-likeness (QED) is 0.855. The molecule has 0 aliphatic carbocycles. The second kappa shape index (κ2) is 8.02. The van der Waals surface area contributed by atoms with Crippen LogP contribution in [0.15, 0.2) is 53.1 Å². The Bertz CT molecular complexity index is 594. The molecule has 0 saturated heterocycles. The average molecular weight is 300 g/mol. The maximum Gasteiger partial charge on any atom is 0.226 e. The van der Waals surface area contributed by atoms with Gasteiger partial charge in [0, 0.05) is 25.6 Å². The zero-order valence-electron chi connectivity index (χ0n) is 12.6. The molecule has 0 fully saturated rings. The SMILES string of the molecule is CN(C(=O)CCCC(=O)NCc1ccco1)c1ccccc1. The number of anilines is 1. The third kappa shape index (κ3) is 4.77. The largest absolute Gasteiger partial charge is 0.467 e. The van der Waals surface area contributed by atoms with Crippen LogP contribution in [-0.4, -0.2) is 18.9 Å². The van der Waals surface area contributed by atoms with Gasteiger partial charge in [-0.2, -0.15) is 0 Å². The zero-order valence-corrected chi connectivity index (χ0v) is 12.6. The van der Waals surface area contributed by atoms with Gasteiger partial charge in [-0.05, 0) is 30.7 Å². The predicted molar refractivity (Wildman–Crippen MR) is 84.3 cm³/mol. The number of carbonyl (C=O) groups is 2. The van der Waals surface area contributed by atoms with Crippen LogP contribution in [0.4, 0.5) is 5.69 Å². The fraction of sp³-hybridized carbons (Fsp3) is 0.294. The Morgan fingerprint density at radius 2 is 1.86 bits per heavy atom. The Morgan fingerprint density at radius 1 is 1.09 bits per heavy atom. The van der Waals surface area contributed by atoms with Gasteiger partial charge >= 0.3 is 0 Å². The Morgan fingerprint density at radius 3 is 2.55 bits per heavy atom. The van der Waals surface area contributed by atoms with Crippen molar-refractivity contribution in [2.45, 2.75) is 25.8 Å². The number of hydrogen-bond acceptors (Lipinski definition) is 3. The summed E-state index contributed by atoms with van der Waals surface area (Å²) in [5.74, 6) is 0.643. The molecule has 0 aliphatic heterocycles. The summed E-state index contributed by atoms with van der Waals surface area (Å²) in [6.07, 6.45) is 2.77. The molecular formula is C17H20N2O3. The van der Waals surface area contributed by atoms with Gasteiger partial charge in [0.15, 0.2) is 0 Å². The van der Waals surface area contributed by atoms with E-state index in [0.29, 0.717) is 31.6 Å². The highest BCUT2D eigenvalue weighted by Crippen LogP contribution is 2.13. The monoisotopic (exact) mass is 300 g/mol. The maximum absolute atomic E-state index is 12.0. The van der Waals surface area contributed by atoms with Crippen molar-refractivity contribution in [3.8, 4) is 0 Å². The van der Waals surface area contributed by atoms with E-state index in [1.165, 1.54) is 0 Å². The number of para-hydroxylation sites is 1. The van der Waals surface area contributed by atoms with Gasteiger partial charge in [-0.25, -0.2) is 0 Å². The number of benzene rings is 1. The molecule has 1 N–H and O–H groups in total. The van der Waals surface area contributed by atoms with E-state index < -0.39 is 0 Å². The van der Waals surface area contributed by atoms with Gasteiger partial charge in [-0.15, -0.1) is 0 Å². The first kappa shape index (κ1) is 15.8. The Hall–Kier alpha value is -2.56. The molecule has 1 aromatic carbocycles. The van der Waals surface area contributed by atoms with Crippen LogP contribution >= 0.6 is 0 Å². The van der Waals surface area contributed by atoms with Gasteiger partial charge in [0.2, 0.25) is 11.8 Å². The molecular weight excluding hydrogens is 280 g/mol. The van der Waals surface area contributed by atoms with Crippen LogP contribution in [0.2, 0.25) is 0 Å². The molecule has 2 amide bonds. The number of nitrogens with zero attached hydrogens (tertiary/aromatic N) is 1. The lowest BCUT2D eigenvalue weighted by Crippen LogP contribution is -2.27. The summed E-state index contributed by atoms with van der Waals surface area (Å²) in [5, 5.41) is 2.76. The van der Waals surface area contributed by atoms with Crippen molar-refractivity contribution in [1.29, 1.82) is 0 Å². The standard InChI is InChI=1S/C17H20N2O3/c1-19(14-7-3-2-4-8-14)17(21)11-5-10-16(20)18-13-15-9-6-12-22-15/h2-4,6-9,12H,5,10-11,13H2,1H3,(H,18,20). The molecule has 5 heteroatoms. The van der Waals surface area contributed by atoms with Gasteiger partial charge in [0.05, 0.1) is 12.8 Å². The summed E-state index contributed by atoms with van der Waals surface area (Å²) in [7, 11) is 1.74. The lowest BCUT2D eigenvalue weighted by Gasteiger charge is -2.17. The first-order chi connectivity index (χ1) is 10.7. The minimum atomic E-state index is -0.0773. The molecule has 116 valence electrons. The molecule has 1 heterocycles. The topological polar surface area (TPSA) is 62.6 Å². The lowest BCUT2D eigenvalue weighted by atomic mass is 10.2. The molecule has 2 rings (SSSR count). The Kier molecular flexibility index (Phi) is 5.77. The number of hydrogen-bond donors (Lipinski definition) is 1. The van der Waals surface area contributed by atoms with Crippen LogP contribution in [0.1, 0.15) is 25.0 Å². The first-order valence-corrected chi connectivity index (χ1v) is 7.27. The molecule has 2 aromatic rings. The molecule has 1 aromatic heterocycles. The summed E-state index contributed by atoms with van der Waals surface area (Å²) in [5.41, 5.74) is 0.856. The van der Waals surface area contributed by atoms with E-state index >= 15 is 0 Å². The van der Waals surface area contributed by atoms with E-state index in [-0.39, 0.29) is 11.8 Å². The number of carbonyl (C=O) groups excluding carboxylic acids is 2. The van der Waals surface area contributed by atoms with E-state index in [0.717, 1.165) is 5.69 Å². The third-order valence-electron chi connectivity index (χ3n) is 3.35. The van der Waals surface area contributed by atoms with Gasteiger partial charge < -0.3 is 14.6 Å². The number of rotatable bonds is 7. The van der Waals surface area contributed by atoms with Crippen molar-refractivity contribution < 1.29 is 14.0 Å². The fourth-order valence-electron chi connectivity index (χ4n) is 2.05. The molecule has 0 atom stereocenters. The van der Waals surface area contributed by atoms with Gasteiger partial charge in [-0.1, -0.05) is 18.2 Å². The summed E-state index contributed by atoms with van der Waals surface area (Å²) in [6, 6.07) is 13.0. The zero-order chi connectivity index (χ0) is 15.8. The van der Waals surface area contributed by atoms with Gasteiger partial charge in [-0.3, -0.25) is 9.59 Å². The van der Waals surface area contributed by atoms with Gasteiger partial charge in [0.25, 0.3) is 0 Å². The van der Waals surface area contributed by atoms with Crippen molar-refractivity contribution in [2.75, 3.05) is 11.9 Å². The molecule has 0 unspecified atom stereocenters. The summed E-state index contributed by atoms with van der Waals surface area (Å²) >= 11 is 0. The molecule has 0 radical (unpaired) electrons. The third-order valence-corrected chi connectivity index (χ3v) is 3.35. The summed E-state index contributed by atoms with van der Waals surface area (Å²) < 4.78 is 5.13. The van der Waals surface area contributed by atoms with Crippen LogP contribution in [0.3, 0.4) is 0 Å². The summed E-state index contributed by atoms with van der Waals surface area (Å²) in [6.45, 7) is 0.379. The van der Waals surface area contributed by atoms with Crippen molar-refractivity contribution in [3.63, 3.8) is 0 Å². The van der Waals surface area contributed by atoms with Crippen LogP contribution in [0.5, 0.6) is 0 Å². The smallest absolute Gasteiger partial charge is 0.226 e. The minimum absolute atomic E-state index is 0.00466. The van der Waals surface area contributed by atoms with Crippen LogP contribution < -0.4 is 10.2 Å². The lowest BCUT2D eigenvalue weighted by molar-refractivity contribution is -0.121. The molecule has 0 saturated carbocycles. The number of nitrogens with one attached hydrogen (secondary N) is 1. The second-order valence-corrected chi connectivity index (χ2v) is 5.00. The molecule has 22 heavy (non-hydrogen) atoms. The highest BCUT2D eigenvalue weighted by molar-refractivity contribution is 5.92. The number of amides is 2. The highest BCUT2D eigenvalue weighted by Gasteiger charge is 2.11. The van der Waals surface area contributed by atoms with Crippen molar-refractivity contribution in [3.05, 3.63) is 54.5 Å². The second-order valence-electron chi connectivity index (χ2n) is 5.00. The van der Waals surface area contributed by atoms with Crippen molar-refractivity contribution in [2.24, 2.45) is 0 Å². The van der Waals surface area contributed by atoms with Crippen molar-refractivity contribution in [1.82, 2.24) is 5.32 Å². The van der Waals surface area contributed by atoms with E-state index in [2.05, 4.69) is 5.32 Å². The predicted octanol–water partition coefficient (Wildman–Crippen LogP) is 2.73. The fourth-order valence-corrected chi connectivity index (χ4v) is 2.05. The first-order valence-electron chi connectivity index (χ1n) is 7.27. The average Bonchev–Trinajstić information content (AvgIpc) is 3.06. The number of furan rings is 1. The Labute approximate surface area is 129 Å². The summed E-state index contributed by atoms with van der Waals surface area (Å²) in [4.78, 5) is 25.3. The molecule has 0 aliphatic rings. The van der Waals surface area contributed by atoms with Gasteiger partial charge in [0.1, 0.15) is 5.76 Å². The van der Waals surface area contributed by atoms with Crippen LogP contribution in [-0.2, 0) is 16.1 Å². The molecule has 0 spiro atoms. The molecule has 5 nitrogen and oxygen atoms in total. The van der Waals surface area contributed by atoms with Crippen molar-refractivity contribution >= 4 is 17.5 Å². The van der Waals surface area contributed by atoms with Crippen LogP contribution in [0.25, 0.3) is 0 Å². The van der Waals surface area contributed by atoms with E-state index in [9.17, 15) is 9.59 Å². The molecule has 0 bridgehead atoms. The van der Waals surface area contributed by atoms with Crippen LogP contribution in [0, 0.1) is 0 Å². The minimum Gasteiger partial charge on any atom is -0.467 e. The van der Waals surface area contributed by atoms with E-state index in [1.54, 1.807) is 30.3 Å². The normalized spacial score (nSPS) is 10.2. The maximum atomic E-state index is 12.0. The Balaban J connectivity index is 1.67.